The van der Waals surface area contributed by atoms with Gasteiger partial charge in [-0.15, -0.1) is 0 Å². The number of carbonyl (C=O) groups is 2. The van der Waals surface area contributed by atoms with Gasteiger partial charge in [0.2, 0.25) is 0 Å². The molecule has 0 aromatic heterocycles. The van der Waals surface area contributed by atoms with Gasteiger partial charge >= 0.3 is 19.8 Å². The Bertz CT molecular complexity index is 922. The lowest BCUT2D eigenvalue weighted by molar-refractivity contribution is -0.870. The van der Waals surface area contributed by atoms with E-state index in [-0.39, 0.29) is 32.0 Å². The third-order valence-electron chi connectivity index (χ3n) is 9.55. The van der Waals surface area contributed by atoms with Gasteiger partial charge in [-0.2, -0.15) is 0 Å². The summed E-state index contributed by atoms with van der Waals surface area (Å²) in [6, 6.07) is 0. The minimum absolute atomic E-state index is 0.0335. The molecule has 1 N–H and O–H groups in total. The quantitative estimate of drug-likeness (QED) is 0.0215. The van der Waals surface area contributed by atoms with E-state index in [1.807, 2.05) is 21.1 Å². The van der Waals surface area contributed by atoms with Gasteiger partial charge in [-0.05, 0) is 38.5 Å². The first-order valence-electron chi connectivity index (χ1n) is 21.9. The monoisotopic (exact) mass is 775 g/mol. The molecule has 0 saturated carbocycles. The molecule has 0 aliphatic heterocycles. The topological polar surface area (TPSA) is 108 Å². The predicted molar refractivity (Wildman–Crippen MR) is 220 cm³/mol. The summed E-state index contributed by atoms with van der Waals surface area (Å²) in [6.45, 7) is 4.42. The van der Waals surface area contributed by atoms with E-state index in [9.17, 15) is 19.0 Å². The van der Waals surface area contributed by atoms with Crippen molar-refractivity contribution in [2.45, 2.75) is 206 Å². The van der Waals surface area contributed by atoms with E-state index < -0.39 is 26.5 Å². The van der Waals surface area contributed by atoms with E-state index in [1.54, 1.807) is 0 Å². The van der Waals surface area contributed by atoms with Crippen LogP contribution in [0.5, 0.6) is 0 Å². The van der Waals surface area contributed by atoms with Crippen LogP contribution in [-0.2, 0) is 32.7 Å². The Morgan fingerprint density at radius 3 is 1.40 bits per heavy atom. The smallest absolute Gasteiger partial charge is 0.462 e. The maximum Gasteiger partial charge on any atom is 0.472 e. The van der Waals surface area contributed by atoms with Gasteiger partial charge in [0.1, 0.15) is 19.8 Å². The summed E-state index contributed by atoms with van der Waals surface area (Å²) in [7, 11) is 1.48. The van der Waals surface area contributed by atoms with Crippen LogP contribution in [0.1, 0.15) is 200 Å². The highest BCUT2D eigenvalue weighted by Crippen LogP contribution is 2.43. The molecule has 0 heterocycles. The lowest BCUT2D eigenvalue weighted by Crippen LogP contribution is -2.37. The van der Waals surface area contributed by atoms with Crippen molar-refractivity contribution in [2.75, 3.05) is 47.5 Å². The molecule has 1 unspecified atom stereocenters. The second kappa shape index (κ2) is 36.4. The van der Waals surface area contributed by atoms with E-state index in [4.69, 9.17) is 18.5 Å². The van der Waals surface area contributed by atoms with E-state index >= 15 is 0 Å². The summed E-state index contributed by atoms with van der Waals surface area (Å²) >= 11 is 0. The molecule has 0 aromatic rings. The number of phosphoric acid groups is 1. The molecule has 0 aliphatic rings. The number of hydrogen-bond acceptors (Lipinski definition) is 7. The lowest BCUT2D eigenvalue weighted by Gasteiger charge is -2.24. The number of hydrogen-bond donors (Lipinski definition) is 1. The molecule has 0 spiro atoms. The fourth-order valence-electron chi connectivity index (χ4n) is 6.07. The molecular formula is C43H85NO8P+. The van der Waals surface area contributed by atoms with Crippen molar-refractivity contribution in [3.63, 3.8) is 0 Å². The van der Waals surface area contributed by atoms with Gasteiger partial charge in [0.15, 0.2) is 6.10 Å². The fraction of sp³-hybridized carbons (Fsp3) is 0.907. The Morgan fingerprint density at radius 1 is 0.566 bits per heavy atom. The summed E-state index contributed by atoms with van der Waals surface area (Å²) < 4.78 is 34.3. The van der Waals surface area contributed by atoms with Crippen LogP contribution in [-0.4, -0.2) is 74.9 Å². The highest BCUT2D eigenvalue weighted by Gasteiger charge is 2.27. The molecule has 0 fully saturated rings. The van der Waals surface area contributed by atoms with Gasteiger partial charge < -0.3 is 18.9 Å². The number of phosphoric ester groups is 1. The number of allylic oxidation sites excluding steroid dienone is 2. The van der Waals surface area contributed by atoms with Crippen LogP contribution in [0.3, 0.4) is 0 Å². The molecule has 0 aliphatic carbocycles. The summed E-state index contributed by atoms with van der Waals surface area (Å²) in [4.78, 5) is 35.3. The first-order valence-corrected chi connectivity index (χ1v) is 23.4. The average molecular weight is 775 g/mol. The normalized spacial score (nSPS) is 13.7. The maximum atomic E-state index is 12.7. The largest absolute Gasteiger partial charge is 0.472 e. The van der Waals surface area contributed by atoms with E-state index in [0.29, 0.717) is 17.4 Å². The van der Waals surface area contributed by atoms with Crippen LogP contribution in [0, 0.1) is 0 Å². The SMILES string of the molecule is CCCCCCCC/C=C/CCCCCCCC(=O)OC[C@H](COP(=O)(O)OCC[N+](C)(C)C)OC(=O)CCCCCCCCCCCCCCCC. The predicted octanol–water partition coefficient (Wildman–Crippen LogP) is 12.2. The molecule has 0 radical (unpaired) electrons. The Balaban J connectivity index is 4.35. The standard InChI is InChI=1S/C43H84NO8P/c1-6-8-10-12-14-16-18-20-22-24-25-27-29-31-33-35-42(45)49-39-41(40-51-53(47,48)50-38-37-44(3,4)5)52-43(46)36-34-32-30-28-26-23-21-19-17-15-13-11-9-7-2/h20,22,41H,6-19,21,23-40H2,1-5H3/p+1/b22-20+/t41-/m1/s1. The van der Waals surface area contributed by atoms with Crippen LogP contribution in [0.2, 0.25) is 0 Å². The van der Waals surface area contributed by atoms with Gasteiger partial charge in [0.05, 0.1) is 27.7 Å². The Hall–Kier alpha value is -1.25. The van der Waals surface area contributed by atoms with Gasteiger partial charge in [0.25, 0.3) is 0 Å². The summed E-state index contributed by atoms with van der Waals surface area (Å²) in [6.07, 6.45) is 36.8. The van der Waals surface area contributed by atoms with Crippen molar-refractivity contribution in [3.05, 3.63) is 12.2 Å². The van der Waals surface area contributed by atoms with Crippen LogP contribution in [0.15, 0.2) is 12.2 Å². The molecule has 53 heavy (non-hydrogen) atoms. The van der Waals surface area contributed by atoms with Crippen molar-refractivity contribution < 1.29 is 42.1 Å². The number of esters is 2. The van der Waals surface area contributed by atoms with Gasteiger partial charge in [-0.25, -0.2) is 4.57 Å². The average Bonchev–Trinajstić information content (AvgIpc) is 3.10. The Labute approximate surface area is 326 Å². The number of nitrogens with zero attached hydrogens (tertiary/aromatic N) is 1. The van der Waals surface area contributed by atoms with Crippen molar-refractivity contribution in [3.8, 4) is 0 Å². The van der Waals surface area contributed by atoms with E-state index in [0.717, 1.165) is 51.4 Å². The molecule has 0 saturated heterocycles. The summed E-state index contributed by atoms with van der Waals surface area (Å²) in [5, 5.41) is 0. The second-order valence-corrected chi connectivity index (χ2v) is 17.5. The van der Waals surface area contributed by atoms with Crippen LogP contribution >= 0.6 is 7.82 Å². The number of quaternary nitrogens is 1. The minimum atomic E-state index is -4.37. The van der Waals surface area contributed by atoms with Crippen molar-refractivity contribution >= 4 is 19.8 Å². The molecule has 10 heteroatoms. The molecule has 9 nitrogen and oxygen atoms in total. The zero-order chi connectivity index (χ0) is 39.3. The highest BCUT2D eigenvalue weighted by molar-refractivity contribution is 7.47. The lowest BCUT2D eigenvalue weighted by atomic mass is 10.0. The maximum absolute atomic E-state index is 12.7. The molecular weight excluding hydrogens is 689 g/mol. The number of ether oxygens (including phenoxy) is 2. The van der Waals surface area contributed by atoms with Crippen LogP contribution in [0.4, 0.5) is 0 Å². The summed E-state index contributed by atoms with van der Waals surface area (Å²) in [5.74, 6) is -0.799. The van der Waals surface area contributed by atoms with Crippen molar-refractivity contribution in [2.24, 2.45) is 0 Å². The van der Waals surface area contributed by atoms with Crippen LogP contribution < -0.4 is 0 Å². The third kappa shape index (κ3) is 40.2. The number of likely N-dealkylation sites (N-methyl/N-ethyl adjacent to an activating group) is 1. The highest BCUT2D eigenvalue weighted by atomic mass is 31.2. The first kappa shape index (κ1) is 51.8. The Kier molecular flexibility index (Phi) is 35.5. The van der Waals surface area contributed by atoms with Gasteiger partial charge in [-0.3, -0.25) is 18.6 Å². The second-order valence-electron chi connectivity index (χ2n) is 16.1. The molecule has 2 atom stereocenters. The number of carbonyl (C=O) groups excluding carboxylic acids is 2. The fourth-order valence-corrected chi connectivity index (χ4v) is 6.81. The van der Waals surface area contributed by atoms with Crippen molar-refractivity contribution in [1.29, 1.82) is 0 Å². The number of unbranched alkanes of at least 4 members (excludes halogenated alkanes) is 24. The van der Waals surface area contributed by atoms with E-state index in [1.165, 1.54) is 116 Å². The molecule has 0 amide bonds. The van der Waals surface area contributed by atoms with E-state index in [2.05, 4.69) is 26.0 Å². The van der Waals surface area contributed by atoms with Gasteiger partial charge in [-0.1, -0.05) is 161 Å². The Morgan fingerprint density at radius 2 is 0.962 bits per heavy atom. The first-order chi connectivity index (χ1) is 25.5. The molecule has 0 bridgehead atoms. The summed E-state index contributed by atoms with van der Waals surface area (Å²) in [5.41, 5.74) is 0. The zero-order valence-corrected chi connectivity index (χ0v) is 36.2. The van der Waals surface area contributed by atoms with Crippen molar-refractivity contribution in [1.82, 2.24) is 0 Å². The zero-order valence-electron chi connectivity index (χ0n) is 35.3. The number of rotatable bonds is 40. The molecule has 0 rings (SSSR count). The minimum Gasteiger partial charge on any atom is -0.462 e. The van der Waals surface area contributed by atoms with Gasteiger partial charge in [0, 0.05) is 12.8 Å². The van der Waals surface area contributed by atoms with Crippen LogP contribution in [0.25, 0.3) is 0 Å². The molecule has 314 valence electrons. The third-order valence-corrected chi connectivity index (χ3v) is 10.5. The molecule has 0 aromatic carbocycles.